The molecule has 0 aromatic heterocycles. The first-order valence-electron chi connectivity index (χ1n) is 6.48. The molecule has 0 unspecified atom stereocenters. The first kappa shape index (κ1) is 16.7. The van der Waals surface area contributed by atoms with Crippen LogP contribution in [0.4, 0.5) is 4.39 Å². The van der Waals surface area contributed by atoms with Crippen molar-refractivity contribution in [3.8, 4) is 5.75 Å². The molecule has 1 rings (SSSR count). The predicted molar refractivity (Wildman–Crippen MR) is 81.5 cm³/mol. The van der Waals surface area contributed by atoms with E-state index >= 15 is 0 Å². The number of nitrogens with one attached hydrogen (secondary N) is 1. The van der Waals surface area contributed by atoms with E-state index in [1.165, 1.54) is 18.6 Å². The summed E-state index contributed by atoms with van der Waals surface area (Å²) in [4.78, 5) is 0. The first-order chi connectivity index (χ1) is 9.00. The average Bonchev–Trinajstić information content (AvgIpc) is 2.33. The van der Waals surface area contributed by atoms with Crippen molar-refractivity contribution < 1.29 is 9.13 Å². The second kappa shape index (κ2) is 8.77. The Morgan fingerprint density at radius 1 is 1.37 bits per heavy atom. The van der Waals surface area contributed by atoms with Gasteiger partial charge in [0, 0.05) is 12.6 Å². The maximum Gasteiger partial charge on any atom is 0.145 e. The SMILES string of the molecule is CC(C)CCCNCCOc1cc(F)c(Cl)cc1Br. The number of benzene rings is 1. The van der Waals surface area contributed by atoms with Gasteiger partial charge in [-0.25, -0.2) is 4.39 Å². The van der Waals surface area contributed by atoms with Crippen LogP contribution in [0.3, 0.4) is 0 Å². The Morgan fingerprint density at radius 3 is 2.79 bits per heavy atom. The fraction of sp³-hybridized carbons (Fsp3) is 0.571. The normalized spacial score (nSPS) is 11.1. The zero-order chi connectivity index (χ0) is 14.3. The number of hydrogen-bond acceptors (Lipinski definition) is 2. The average molecular weight is 353 g/mol. The molecule has 1 N–H and O–H groups in total. The van der Waals surface area contributed by atoms with Crippen molar-refractivity contribution in [3.63, 3.8) is 0 Å². The van der Waals surface area contributed by atoms with Gasteiger partial charge in [0.05, 0.1) is 9.50 Å². The molecule has 0 aliphatic rings. The van der Waals surface area contributed by atoms with Gasteiger partial charge in [-0.2, -0.15) is 0 Å². The molecular formula is C14H20BrClFNO. The van der Waals surface area contributed by atoms with Crippen LogP contribution in [0.5, 0.6) is 5.75 Å². The van der Waals surface area contributed by atoms with Gasteiger partial charge < -0.3 is 10.1 Å². The Labute approximate surface area is 127 Å². The Balaban J connectivity index is 2.21. The predicted octanol–water partition coefficient (Wildman–Crippen LogP) is 4.65. The molecule has 19 heavy (non-hydrogen) atoms. The molecule has 0 aliphatic carbocycles. The molecule has 0 bridgehead atoms. The molecule has 0 spiro atoms. The van der Waals surface area contributed by atoms with Crippen molar-refractivity contribution in [2.24, 2.45) is 5.92 Å². The van der Waals surface area contributed by atoms with Crippen LogP contribution >= 0.6 is 27.5 Å². The van der Waals surface area contributed by atoms with Gasteiger partial charge in [-0.3, -0.25) is 0 Å². The standard InChI is InChI=1S/C14H20BrClFNO/c1-10(2)4-3-5-18-6-7-19-14-9-13(17)12(16)8-11(14)15/h8-10,18H,3-7H2,1-2H3. The summed E-state index contributed by atoms with van der Waals surface area (Å²) in [6, 6.07) is 2.80. The van der Waals surface area contributed by atoms with Crippen LogP contribution in [0.2, 0.25) is 5.02 Å². The number of hydrogen-bond donors (Lipinski definition) is 1. The summed E-state index contributed by atoms with van der Waals surface area (Å²) in [5.74, 6) is 0.752. The largest absolute Gasteiger partial charge is 0.491 e. The molecule has 0 heterocycles. The van der Waals surface area contributed by atoms with Crippen LogP contribution < -0.4 is 10.1 Å². The van der Waals surface area contributed by atoms with E-state index in [2.05, 4.69) is 35.1 Å². The summed E-state index contributed by atoms with van der Waals surface area (Å²) >= 11 is 8.95. The lowest BCUT2D eigenvalue weighted by Gasteiger charge is -2.10. The molecule has 0 amide bonds. The van der Waals surface area contributed by atoms with Gasteiger partial charge in [0.15, 0.2) is 0 Å². The van der Waals surface area contributed by atoms with Crippen LogP contribution in [0, 0.1) is 11.7 Å². The van der Waals surface area contributed by atoms with E-state index in [4.69, 9.17) is 16.3 Å². The quantitative estimate of drug-likeness (QED) is 0.543. The Morgan fingerprint density at radius 2 is 2.11 bits per heavy atom. The lowest BCUT2D eigenvalue weighted by Crippen LogP contribution is -2.22. The van der Waals surface area contributed by atoms with E-state index in [0.717, 1.165) is 25.4 Å². The van der Waals surface area contributed by atoms with Gasteiger partial charge >= 0.3 is 0 Å². The van der Waals surface area contributed by atoms with E-state index in [0.29, 0.717) is 16.8 Å². The Bertz CT molecular complexity index is 401. The minimum Gasteiger partial charge on any atom is -0.491 e. The molecule has 5 heteroatoms. The van der Waals surface area contributed by atoms with E-state index < -0.39 is 5.82 Å². The van der Waals surface area contributed by atoms with Gasteiger partial charge in [-0.05, 0) is 47.3 Å². The summed E-state index contributed by atoms with van der Waals surface area (Å²) in [7, 11) is 0. The number of halogens is 3. The van der Waals surface area contributed by atoms with Gasteiger partial charge in [0.1, 0.15) is 18.2 Å². The van der Waals surface area contributed by atoms with Crippen molar-refractivity contribution in [3.05, 3.63) is 27.4 Å². The minimum absolute atomic E-state index is 0.0889. The lowest BCUT2D eigenvalue weighted by molar-refractivity contribution is 0.309. The Kier molecular flexibility index (Phi) is 7.73. The molecule has 0 aliphatic heterocycles. The molecular weight excluding hydrogens is 333 g/mol. The summed E-state index contributed by atoms with van der Waals surface area (Å²) in [6.45, 7) is 6.67. The highest BCUT2D eigenvalue weighted by Crippen LogP contribution is 2.30. The highest BCUT2D eigenvalue weighted by molar-refractivity contribution is 9.10. The van der Waals surface area contributed by atoms with Gasteiger partial charge in [0.25, 0.3) is 0 Å². The highest BCUT2D eigenvalue weighted by atomic mass is 79.9. The van der Waals surface area contributed by atoms with Crippen LogP contribution in [-0.4, -0.2) is 19.7 Å². The molecule has 0 saturated heterocycles. The van der Waals surface area contributed by atoms with E-state index in [9.17, 15) is 4.39 Å². The maximum atomic E-state index is 13.3. The van der Waals surface area contributed by atoms with E-state index in [-0.39, 0.29) is 5.02 Å². The third kappa shape index (κ3) is 6.59. The van der Waals surface area contributed by atoms with Gasteiger partial charge in [0.2, 0.25) is 0 Å². The Hall–Kier alpha value is -0.320. The molecule has 1 aromatic rings. The monoisotopic (exact) mass is 351 g/mol. The zero-order valence-electron chi connectivity index (χ0n) is 11.3. The van der Waals surface area contributed by atoms with Crippen LogP contribution in [0.25, 0.3) is 0 Å². The lowest BCUT2D eigenvalue weighted by atomic mass is 10.1. The van der Waals surface area contributed by atoms with Crippen LogP contribution in [-0.2, 0) is 0 Å². The van der Waals surface area contributed by atoms with Crippen molar-refractivity contribution in [2.75, 3.05) is 19.7 Å². The second-order valence-corrected chi connectivity index (χ2v) is 6.09. The zero-order valence-corrected chi connectivity index (χ0v) is 13.7. The number of rotatable bonds is 8. The van der Waals surface area contributed by atoms with Crippen molar-refractivity contribution in [2.45, 2.75) is 26.7 Å². The van der Waals surface area contributed by atoms with Crippen LogP contribution in [0.1, 0.15) is 26.7 Å². The third-order valence-electron chi connectivity index (χ3n) is 2.65. The molecule has 1 aromatic carbocycles. The fourth-order valence-corrected chi connectivity index (χ4v) is 2.36. The van der Waals surface area contributed by atoms with Gasteiger partial charge in [-0.15, -0.1) is 0 Å². The van der Waals surface area contributed by atoms with Gasteiger partial charge in [-0.1, -0.05) is 25.4 Å². The summed E-state index contributed by atoms with van der Waals surface area (Å²) in [6.07, 6.45) is 2.39. The number of ether oxygens (including phenoxy) is 1. The smallest absolute Gasteiger partial charge is 0.145 e. The third-order valence-corrected chi connectivity index (χ3v) is 3.56. The van der Waals surface area contributed by atoms with Crippen molar-refractivity contribution in [1.29, 1.82) is 0 Å². The molecule has 0 saturated carbocycles. The summed E-state index contributed by atoms with van der Waals surface area (Å²) < 4.78 is 19.4. The molecule has 2 nitrogen and oxygen atoms in total. The van der Waals surface area contributed by atoms with E-state index in [1.807, 2.05) is 0 Å². The minimum atomic E-state index is -0.468. The van der Waals surface area contributed by atoms with Crippen molar-refractivity contribution in [1.82, 2.24) is 5.32 Å². The molecule has 108 valence electrons. The highest BCUT2D eigenvalue weighted by Gasteiger charge is 2.07. The molecule has 0 atom stereocenters. The van der Waals surface area contributed by atoms with Crippen LogP contribution in [0.15, 0.2) is 16.6 Å². The summed E-state index contributed by atoms with van der Waals surface area (Å²) in [5.41, 5.74) is 0. The summed E-state index contributed by atoms with van der Waals surface area (Å²) in [5, 5.41) is 3.39. The molecule has 0 fully saturated rings. The van der Waals surface area contributed by atoms with Crippen molar-refractivity contribution >= 4 is 27.5 Å². The van der Waals surface area contributed by atoms with E-state index in [1.54, 1.807) is 0 Å². The first-order valence-corrected chi connectivity index (χ1v) is 7.66. The second-order valence-electron chi connectivity index (χ2n) is 4.83. The molecule has 0 radical (unpaired) electrons. The maximum absolute atomic E-state index is 13.3. The topological polar surface area (TPSA) is 21.3 Å². The fourth-order valence-electron chi connectivity index (χ4n) is 1.61.